The van der Waals surface area contributed by atoms with Crippen molar-refractivity contribution in [1.82, 2.24) is 5.32 Å². The van der Waals surface area contributed by atoms with Crippen LogP contribution in [0.3, 0.4) is 0 Å². The summed E-state index contributed by atoms with van der Waals surface area (Å²) < 4.78 is 10.6. The van der Waals surface area contributed by atoms with Crippen LogP contribution >= 0.6 is 23.5 Å². The molecule has 0 saturated carbocycles. The minimum Gasteiger partial charge on any atom is -0.466 e. The Labute approximate surface area is 129 Å². The summed E-state index contributed by atoms with van der Waals surface area (Å²) in [6.45, 7) is 2.02. The molecule has 0 unspecified atom stereocenters. The van der Waals surface area contributed by atoms with Crippen LogP contribution in [0.4, 0.5) is 0 Å². The quantitative estimate of drug-likeness (QED) is 0.830. The number of nitrogens with zero attached hydrogens (tertiary/aromatic N) is 1. The Bertz CT molecular complexity index is 604. The zero-order valence-corrected chi connectivity index (χ0v) is 12.8. The van der Waals surface area contributed by atoms with Crippen LogP contribution in [0.25, 0.3) is 0 Å². The average Bonchev–Trinajstić information content (AvgIpc) is 2.99. The Balaban J connectivity index is 2.12. The van der Waals surface area contributed by atoms with Crippen molar-refractivity contribution >= 4 is 35.4 Å². The molecule has 0 radical (unpaired) electrons. The van der Waals surface area contributed by atoms with E-state index in [1.165, 1.54) is 18.0 Å². The molecule has 2 rings (SSSR count). The molecular weight excluding hydrogens is 312 g/mol. The monoisotopic (exact) mass is 324 g/mol. The molecule has 1 aliphatic heterocycles. The molecule has 21 heavy (non-hydrogen) atoms. The Hall–Kier alpha value is -1.85. The topological polar surface area (TPSA) is 92.3 Å². The molecule has 0 aliphatic carbocycles. The van der Waals surface area contributed by atoms with E-state index in [2.05, 4.69) is 5.32 Å². The number of furan rings is 1. The number of ether oxygens (including phenoxy) is 1. The van der Waals surface area contributed by atoms with E-state index in [0.717, 1.165) is 11.8 Å². The van der Waals surface area contributed by atoms with Gasteiger partial charge in [0.05, 0.1) is 22.9 Å². The van der Waals surface area contributed by atoms with E-state index in [4.69, 9.17) is 14.4 Å². The first-order chi connectivity index (χ1) is 10.2. The maximum absolute atomic E-state index is 11.9. The predicted octanol–water partition coefficient (Wildman–Crippen LogP) is 2.17. The minimum atomic E-state index is -0.469. The highest BCUT2D eigenvalue weighted by Crippen LogP contribution is 2.43. The number of carbonyl (C=O) groups is 2. The SMILES string of the molecule is CCOC(=O)CSC1=C(C#N)C(=O)N[C@H](c2ccco2)S1. The zero-order chi connectivity index (χ0) is 15.2. The number of rotatable bonds is 5. The Kier molecular flexibility index (Phi) is 5.36. The summed E-state index contributed by atoms with van der Waals surface area (Å²) >= 11 is 2.40. The van der Waals surface area contributed by atoms with Crippen LogP contribution in [0.15, 0.2) is 32.6 Å². The first-order valence-electron chi connectivity index (χ1n) is 6.09. The van der Waals surface area contributed by atoms with E-state index in [1.807, 2.05) is 6.07 Å². The van der Waals surface area contributed by atoms with Gasteiger partial charge in [0.2, 0.25) is 0 Å². The number of nitrogens with one attached hydrogen (secondary N) is 1. The summed E-state index contributed by atoms with van der Waals surface area (Å²) in [7, 11) is 0. The fourth-order valence-electron chi connectivity index (χ4n) is 1.58. The van der Waals surface area contributed by atoms with Gasteiger partial charge in [-0.3, -0.25) is 9.59 Å². The molecule has 1 N–H and O–H groups in total. The lowest BCUT2D eigenvalue weighted by Gasteiger charge is -2.23. The summed E-state index contributed by atoms with van der Waals surface area (Å²) in [6, 6.07) is 5.33. The predicted molar refractivity (Wildman–Crippen MR) is 78.9 cm³/mol. The van der Waals surface area contributed by atoms with Crippen molar-refractivity contribution in [2.75, 3.05) is 12.4 Å². The highest BCUT2D eigenvalue weighted by Gasteiger charge is 2.30. The molecule has 1 aromatic heterocycles. The maximum Gasteiger partial charge on any atom is 0.316 e. The molecule has 6 nitrogen and oxygen atoms in total. The van der Waals surface area contributed by atoms with Crippen molar-refractivity contribution in [2.24, 2.45) is 0 Å². The normalized spacial score (nSPS) is 18.1. The number of esters is 1. The summed E-state index contributed by atoms with van der Waals surface area (Å²) in [4.78, 5) is 23.3. The molecule has 1 atom stereocenters. The van der Waals surface area contributed by atoms with Crippen molar-refractivity contribution in [3.63, 3.8) is 0 Å². The number of amides is 1. The van der Waals surface area contributed by atoms with Crippen molar-refractivity contribution < 1.29 is 18.7 Å². The number of hydrogen-bond acceptors (Lipinski definition) is 7. The number of carbonyl (C=O) groups excluding carboxylic acids is 2. The first-order valence-corrected chi connectivity index (χ1v) is 7.96. The molecule has 1 aromatic rings. The number of hydrogen-bond donors (Lipinski definition) is 1. The van der Waals surface area contributed by atoms with Gasteiger partial charge in [-0.05, 0) is 19.1 Å². The first kappa shape index (κ1) is 15.5. The van der Waals surface area contributed by atoms with Gasteiger partial charge in [0.1, 0.15) is 22.8 Å². The van der Waals surface area contributed by atoms with Crippen LogP contribution in [0.1, 0.15) is 18.1 Å². The highest BCUT2D eigenvalue weighted by molar-refractivity contribution is 8.22. The standard InChI is InChI=1S/C13H12N2O4S2/c1-2-18-10(16)7-20-13-8(6-14)11(17)15-12(21-13)9-4-3-5-19-9/h3-5,12H,2,7H2,1H3,(H,15,17)/t12-/m0/s1. The third kappa shape index (κ3) is 3.83. The van der Waals surface area contributed by atoms with E-state index in [1.54, 1.807) is 19.1 Å². The third-order valence-corrected chi connectivity index (χ3v) is 4.95. The lowest BCUT2D eigenvalue weighted by atomic mass is 10.3. The molecule has 0 aromatic carbocycles. The Morgan fingerprint density at radius 1 is 1.67 bits per heavy atom. The van der Waals surface area contributed by atoms with Crippen LogP contribution in [0, 0.1) is 11.3 Å². The molecule has 0 fully saturated rings. The van der Waals surface area contributed by atoms with Crippen molar-refractivity contribution in [3.05, 3.63) is 34.0 Å². The lowest BCUT2D eigenvalue weighted by Crippen LogP contribution is -2.31. The van der Waals surface area contributed by atoms with Gasteiger partial charge in [-0.25, -0.2) is 0 Å². The molecular formula is C13H12N2O4S2. The van der Waals surface area contributed by atoms with E-state index >= 15 is 0 Å². The lowest BCUT2D eigenvalue weighted by molar-refractivity contribution is -0.139. The molecule has 0 bridgehead atoms. The summed E-state index contributed by atoms with van der Waals surface area (Å²) in [5.41, 5.74) is 0.0112. The van der Waals surface area contributed by atoms with E-state index < -0.39 is 11.3 Å². The maximum atomic E-state index is 11.9. The van der Waals surface area contributed by atoms with Crippen molar-refractivity contribution in [1.29, 1.82) is 5.26 Å². The molecule has 1 amide bonds. The van der Waals surface area contributed by atoms with Crippen LogP contribution in [0.2, 0.25) is 0 Å². The van der Waals surface area contributed by atoms with Gasteiger partial charge in [0.25, 0.3) is 5.91 Å². The molecule has 1 aliphatic rings. The van der Waals surface area contributed by atoms with Crippen LogP contribution in [0.5, 0.6) is 0 Å². The van der Waals surface area contributed by atoms with Gasteiger partial charge in [-0.2, -0.15) is 5.26 Å². The summed E-state index contributed by atoms with van der Waals surface area (Å²) in [5.74, 6) is -0.212. The van der Waals surface area contributed by atoms with Crippen LogP contribution in [-0.4, -0.2) is 24.2 Å². The van der Waals surface area contributed by atoms with Gasteiger partial charge in [-0.15, -0.1) is 11.8 Å². The van der Waals surface area contributed by atoms with E-state index in [0.29, 0.717) is 16.6 Å². The molecule has 110 valence electrons. The molecule has 2 heterocycles. The number of nitriles is 1. The van der Waals surface area contributed by atoms with E-state index in [-0.39, 0.29) is 17.3 Å². The smallest absolute Gasteiger partial charge is 0.316 e. The Morgan fingerprint density at radius 2 is 2.48 bits per heavy atom. The van der Waals surface area contributed by atoms with Gasteiger partial charge in [0, 0.05) is 0 Å². The average molecular weight is 324 g/mol. The van der Waals surface area contributed by atoms with Crippen molar-refractivity contribution in [2.45, 2.75) is 12.3 Å². The van der Waals surface area contributed by atoms with Gasteiger partial charge < -0.3 is 14.5 Å². The molecule has 8 heteroatoms. The zero-order valence-electron chi connectivity index (χ0n) is 11.1. The fraction of sp³-hybridized carbons (Fsp3) is 0.308. The largest absolute Gasteiger partial charge is 0.466 e. The van der Waals surface area contributed by atoms with Gasteiger partial charge in [0.15, 0.2) is 0 Å². The summed E-state index contributed by atoms with van der Waals surface area (Å²) in [6.07, 6.45) is 1.51. The van der Waals surface area contributed by atoms with Gasteiger partial charge >= 0.3 is 5.97 Å². The second-order valence-electron chi connectivity index (χ2n) is 3.85. The van der Waals surface area contributed by atoms with E-state index in [9.17, 15) is 9.59 Å². The molecule has 0 saturated heterocycles. The number of thioether (sulfide) groups is 2. The molecule has 0 spiro atoms. The second-order valence-corrected chi connectivity index (χ2v) is 6.21. The summed E-state index contributed by atoms with van der Waals surface area (Å²) in [5, 5.41) is 11.4. The fourth-order valence-corrected chi connectivity index (χ4v) is 3.82. The van der Waals surface area contributed by atoms with Gasteiger partial charge in [-0.1, -0.05) is 11.8 Å². The second kappa shape index (κ2) is 7.24. The highest BCUT2D eigenvalue weighted by atomic mass is 32.2. The third-order valence-electron chi connectivity index (χ3n) is 2.46. The Morgan fingerprint density at radius 3 is 3.10 bits per heavy atom. The minimum absolute atomic E-state index is 0.0112. The van der Waals surface area contributed by atoms with Crippen molar-refractivity contribution in [3.8, 4) is 6.07 Å². The van der Waals surface area contributed by atoms with Crippen LogP contribution in [-0.2, 0) is 14.3 Å². The van der Waals surface area contributed by atoms with Crippen LogP contribution < -0.4 is 5.32 Å².